The van der Waals surface area contributed by atoms with Gasteiger partial charge in [-0.15, -0.1) is 0 Å². The molecular formula is C18H24O3S. The van der Waals surface area contributed by atoms with Gasteiger partial charge in [-0.25, -0.2) is 0 Å². The number of aryl methyl sites for hydroxylation is 1. The molecule has 1 atom stereocenters. The minimum absolute atomic E-state index is 0.139. The summed E-state index contributed by atoms with van der Waals surface area (Å²) in [5, 5.41) is 8.36. The fourth-order valence-corrected chi connectivity index (χ4v) is 3.86. The van der Waals surface area contributed by atoms with Gasteiger partial charge in [0.1, 0.15) is 5.25 Å². The standard InChI is InChI=1S/C18H24O3S/c1-13(19)22-17(18(20)21)12-9-14-7-10-16(11-8-14)15-5-3-2-4-6-15/h7-8,10-11,15,17H,2-6,9,12H2,1H3,(H,20,21). The summed E-state index contributed by atoms with van der Waals surface area (Å²) in [4.78, 5) is 22.2. The van der Waals surface area contributed by atoms with Gasteiger partial charge in [-0.05, 0) is 42.7 Å². The molecule has 0 aromatic heterocycles. The van der Waals surface area contributed by atoms with E-state index < -0.39 is 11.2 Å². The molecule has 0 heterocycles. The second-order valence-electron chi connectivity index (χ2n) is 6.05. The first-order chi connectivity index (χ1) is 10.6. The Balaban J connectivity index is 1.90. The number of rotatable bonds is 6. The summed E-state index contributed by atoms with van der Waals surface area (Å²) in [6.45, 7) is 1.42. The second kappa shape index (κ2) is 8.37. The van der Waals surface area contributed by atoms with Crippen LogP contribution in [0.1, 0.15) is 62.5 Å². The number of carbonyl (C=O) groups excluding carboxylic acids is 1. The molecule has 0 spiro atoms. The van der Waals surface area contributed by atoms with Gasteiger partial charge in [-0.2, -0.15) is 0 Å². The van der Waals surface area contributed by atoms with Crippen LogP contribution >= 0.6 is 11.8 Å². The number of carboxylic acid groups (broad SMARTS) is 1. The number of carboxylic acids is 1. The Bertz CT molecular complexity index is 504. The zero-order chi connectivity index (χ0) is 15.9. The number of thioether (sulfide) groups is 1. The number of hydrogen-bond donors (Lipinski definition) is 1. The predicted molar refractivity (Wildman–Crippen MR) is 90.3 cm³/mol. The van der Waals surface area contributed by atoms with Gasteiger partial charge in [0, 0.05) is 6.92 Å². The van der Waals surface area contributed by atoms with Crippen LogP contribution in [0.4, 0.5) is 0 Å². The molecule has 0 amide bonds. The largest absolute Gasteiger partial charge is 0.480 e. The summed E-state index contributed by atoms with van der Waals surface area (Å²) in [7, 11) is 0. The number of benzene rings is 1. The van der Waals surface area contributed by atoms with E-state index in [1.54, 1.807) is 0 Å². The maximum atomic E-state index is 11.1. The summed E-state index contributed by atoms with van der Waals surface area (Å²) in [5.74, 6) is -0.207. The first-order valence-electron chi connectivity index (χ1n) is 8.05. The van der Waals surface area contributed by atoms with Crippen LogP contribution in [-0.4, -0.2) is 21.4 Å². The number of carbonyl (C=O) groups is 2. The van der Waals surface area contributed by atoms with E-state index in [1.165, 1.54) is 44.6 Å². The summed E-state index contributed by atoms with van der Waals surface area (Å²) in [6, 6.07) is 8.61. The molecule has 0 aliphatic heterocycles. The Morgan fingerprint density at radius 3 is 2.36 bits per heavy atom. The molecule has 0 bridgehead atoms. The highest BCUT2D eigenvalue weighted by Crippen LogP contribution is 2.32. The van der Waals surface area contributed by atoms with Crippen molar-refractivity contribution in [3.63, 3.8) is 0 Å². The van der Waals surface area contributed by atoms with Crippen molar-refractivity contribution >= 4 is 22.8 Å². The molecule has 3 nitrogen and oxygen atoms in total. The molecule has 1 fully saturated rings. The molecule has 4 heteroatoms. The fraction of sp³-hybridized carbons (Fsp3) is 0.556. The Kier molecular flexibility index (Phi) is 6.49. The van der Waals surface area contributed by atoms with E-state index >= 15 is 0 Å². The number of hydrogen-bond acceptors (Lipinski definition) is 3. The van der Waals surface area contributed by atoms with Gasteiger partial charge < -0.3 is 5.11 Å². The Morgan fingerprint density at radius 2 is 1.82 bits per heavy atom. The molecule has 1 aliphatic carbocycles. The lowest BCUT2D eigenvalue weighted by Gasteiger charge is -2.22. The highest BCUT2D eigenvalue weighted by atomic mass is 32.2. The van der Waals surface area contributed by atoms with Gasteiger partial charge in [0.05, 0.1) is 0 Å². The molecule has 1 aliphatic rings. The third-order valence-corrected chi connectivity index (χ3v) is 5.39. The minimum Gasteiger partial charge on any atom is -0.480 e. The molecular weight excluding hydrogens is 296 g/mol. The Morgan fingerprint density at radius 1 is 1.18 bits per heavy atom. The van der Waals surface area contributed by atoms with Crippen molar-refractivity contribution in [2.24, 2.45) is 0 Å². The van der Waals surface area contributed by atoms with Crippen LogP contribution in [-0.2, 0) is 16.0 Å². The third-order valence-electron chi connectivity index (χ3n) is 4.34. The summed E-state index contributed by atoms with van der Waals surface area (Å²) < 4.78 is 0. The fourth-order valence-electron chi connectivity index (χ4n) is 3.12. The van der Waals surface area contributed by atoms with Crippen LogP contribution in [0.15, 0.2) is 24.3 Å². The van der Waals surface area contributed by atoms with E-state index in [9.17, 15) is 9.59 Å². The second-order valence-corrected chi connectivity index (χ2v) is 7.43. The first kappa shape index (κ1) is 17.1. The molecule has 120 valence electrons. The normalized spacial score (nSPS) is 17.1. The van der Waals surface area contributed by atoms with Crippen LogP contribution in [0.3, 0.4) is 0 Å². The molecule has 0 radical (unpaired) electrons. The lowest BCUT2D eigenvalue weighted by molar-refractivity contribution is -0.136. The van der Waals surface area contributed by atoms with Crippen LogP contribution < -0.4 is 0 Å². The average Bonchev–Trinajstić information content (AvgIpc) is 2.52. The number of aliphatic carboxylic acids is 1. The van der Waals surface area contributed by atoms with Gasteiger partial charge in [0.2, 0.25) is 0 Å². The van der Waals surface area contributed by atoms with Gasteiger partial charge in [-0.1, -0.05) is 55.3 Å². The zero-order valence-corrected chi connectivity index (χ0v) is 13.9. The maximum absolute atomic E-state index is 11.1. The van der Waals surface area contributed by atoms with E-state index in [0.717, 1.165) is 17.3 Å². The summed E-state index contributed by atoms with van der Waals surface area (Å²) in [5.41, 5.74) is 2.56. The molecule has 1 N–H and O–H groups in total. The predicted octanol–water partition coefficient (Wildman–Crippen LogP) is 4.40. The third kappa shape index (κ3) is 5.16. The highest BCUT2D eigenvalue weighted by molar-refractivity contribution is 8.14. The lowest BCUT2D eigenvalue weighted by Crippen LogP contribution is -2.18. The zero-order valence-electron chi connectivity index (χ0n) is 13.1. The van der Waals surface area contributed by atoms with E-state index in [2.05, 4.69) is 24.3 Å². The maximum Gasteiger partial charge on any atom is 0.317 e. The molecule has 2 rings (SSSR count). The Hall–Kier alpha value is -1.29. The van der Waals surface area contributed by atoms with Crippen molar-refractivity contribution in [3.05, 3.63) is 35.4 Å². The van der Waals surface area contributed by atoms with E-state index in [4.69, 9.17) is 5.11 Å². The molecule has 1 aromatic carbocycles. The molecule has 1 aromatic rings. The van der Waals surface area contributed by atoms with Crippen LogP contribution in [0.2, 0.25) is 0 Å². The van der Waals surface area contributed by atoms with Crippen molar-refractivity contribution in [3.8, 4) is 0 Å². The van der Waals surface area contributed by atoms with Crippen molar-refractivity contribution in [2.45, 2.75) is 63.0 Å². The van der Waals surface area contributed by atoms with Gasteiger partial charge in [0.15, 0.2) is 5.12 Å². The van der Waals surface area contributed by atoms with E-state index in [-0.39, 0.29) is 5.12 Å². The van der Waals surface area contributed by atoms with Crippen molar-refractivity contribution in [2.75, 3.05) is 0 Å². The lowest BCUT2D eigenvalue weighted by atomic mass is 9.84. The molecule has 0 saturated heterocycles. The van der Waals surface area contributed by atoms with Crippen LogP contribution in [0, 0.1) is 0 Å². The Labute approximate surface area is 136 Å². The monoisotopic (exact) mass is 320 g/mol. The first-order valence-corrected chi connectivity index (χ1v) is 8.93. The average molecular weight is 320 g/mol. The van der Waals surface area contributed by atoms with Gasteiger partial charge in [-0.3, -0.25) is 9.59 Å². The molecule has 1 unspecified atom stereocenters. The topological polar surface area (TPSA) is 54.4 Å². The quantitative estimate of drug-likeness (QED) is 0.844. The van der Waals surface area contributed by atoms with Gasteiger partial charge in [0.25, 0.3) is 0 Å². The van der Waals surface area contributed by atoms with Crippen molar-refractivity contribution in [1.29, 1.82) is 0 Å². The molecule has 22 heavy (non-hydrogen) atoms. The smallest absolute Gasteiger partial charge is 0.317 e. The van der Waals surface area contributed by atoms with E-state index in [1.807, 2.05) is 0 Å². The summed E-state index contributed by atoms with van der Waals surface area (Å²) >= 11 is 0.914. The summed E-state index contributed by atoms with van der Waals surface area (Å²) in [6.07, 6.45) is 7.78. The van der Waals surface area contributed by atoms with Crippen LogP contribution in [0.5, 0.6) is 0 Å². The van der Waals surface area contributed by atoms with Crippen molar-refractivity contribution < 1.29 is 14.7 Å². The minimum atomic E-state index is -0.904. The van der Waals surface area contributed by atoms with Crippen molar-refractivity contribution in [1.82, 2.24) is 0 Å². The highest BCUT2D eigenvalue weighted by Gasteiger charge is 2.20. The molecule has 1 saturated carbocycles. The van der Waals surface area contributed by atoms with Gasteiger partial charge >= 0.3 is 5.97 Å². The van der Waals surface area contributed by atoms with Crippen LogP contribution in [0.25, 0.3) is 0 Å². The van der Waals surface area contributed by atoms with E-state index in [0.29, 0.717) is 18.8 Å². The SMILES string of the molecule is CC(=O)SC(CCc1ccc(C2CCCCC2)cc1)C(=O)O.